The third-order valence-electron chi connectivity index (χ3n) is 6.30. The first-order valence-corrected chi connectivity index (χ1v) is 12.9. The maximum absolute atomic E-state index is 13.1. The average molecular weight is 533 g/mol. The number of anilines is 1. The predicted octanol–water partition coefficient (Wildman–Crippen LogP) is 2.41. The van der Waals surface area contributed by atoms with Crippen molar-refractivity contribution in [2.24, 2.45) is 13.0 Å². The van der Waals surface area contributed by atoms with Crippen LogP contribution < -0.4 is 10.5 Å². The topological polar surface area (TPSA) is 133 Å². The van der Waals surface area contributed by atoms with Crippen LogP contribution in [0.3, 0.4) is 0 Å². The number of carboxylic acid groups (broad SMARTS) is 1. The molecule has 192 valence electrons. The Bertz CT molecular complexity index is 1220. The number of aromatic nitrogens is 1. The van der Waals surface area contributed by atoms with E-state index in [1.54, 1.807) is 27.0 Å². The van der Waals surface area contributed by atoms with E-state index in [0.717, 1.165) is 11.8 Å². The number of thiocarbonyl (C=S) groups is 1. The molecule has 2 aliphatic rings. The summed E-state index contributed by atoms with van der Waals surface area (Å²) in [5.41, 5.74) is 0.579. The number of piperidine rings is 1. The van der Waals surface area contributed by atoms with Gasteiger partial charge >= 0.3 is 11.9 Å². The number of amides is 1. The second kappa shape index (κ2) is 11.7. The quantitative estimate of drug-likeness (QED) is 0.302. The monoisotopic (exact) mass is 532 g/mol. The van der Waals surface area contributed by atoms with Crippen molar-refractivity contribution in [1.29, 1.82) is 5.26 Å². The number of nitrogens with zero attached hydrogens (tertiary/aromatic N) is 4. The van der Waals surface area contributed by atoms with Gasteiger partial charge in [0.2, 0.25) is 0 Å². The van der Waals surface area contributed by atoms with Crippen molar-refractivity contribution in [2.75, 3.05) is 31.1 Å². The van der Waals surface area contributed by atoms with Gasteiger partial charge in [-0.2, -0.15) is 5.26 Å². The Morgan fingerprint density at radius 1 is 1.31 bits per heavy atom. The molecule has 1 N–H and O–H groups in total. The third kappa shape index (κ3) is 5.63. The van der Waals surface area contributed by atoms with Gasteiger partial charge in [-0.3, -0.25) is 28.6 Å². The molecule has 0 aliphatic carbocycles. The van der Waals surface area contributed by atoms with E-state index in [4.69, 9.17) is 22.1 Å². The maximum atomic E-state index is 13.1. The van der Waals surface area contributed by atoms with E-state index in [1.165, 1.54) is 9.47 Å². The van der Waals surface area contributed by atoms with Gasteiger partial charge in [0.15, 0.2) is 0 Å². The number of carboxylic acids is 1. The van der Waals surface area contributed by atoms with Gasteiger partial charge < -0.3 is 14.7 Å². The minimum Gasteiger partial charge on any atom is -0.481 e. The second-order valence-corrected chi connectivity index (χ2v) is 10.2. The molecule has 0 bridgehead atoms. The second-order valence-electron chi connectivity index (χ2n) is 8.56. The molecule has 10 nitrogen and oxygen atoms in total. The molecule has 0 aromatic carbocycles. The fraction of sp³-hybridized carbons (Fsp3) is 0.500. The van der Waals surface area contributed by atoms with Crippen molar-refractivity contribution in [1.82, 2.24) is 9.47 Å². The molecule has 1 aromatic rings. The summed E-state index contributed by atoms with van der Waals surface area (Å²) in [5.74, 6) is -1.17. The smallest absolute Gasteiger partial charge is 0.309 e. The lowest BCUT2D eigenvalue weighted by molar-refractivity contribution is -0.148. The molecular weight excluding hydrogens is 504 g/mol. The van der Waals surface area contributed by atoms with Gasteiger partial charge in [-0.05, 0) is 44.7 Å². The Kier molecular flexibility index (Phi) is 8.92. The van der Waals surface area contributed by atoms with E-state index in [2.05, 4.69) is 0 Å². The molecule has 0 radical (unpaired) electrons. The van der Waals surface area contributed by atoms with Crippen molar-refractivity contribution < 1.29 is 24.2 Å². The van der Waals surface area contributed by atoms with Gasteiger partial charge in [-0.1, -0.05) is 24.0 Å². The Morgan fingerprint density at radius 3 is 2.56 bits per heavy atom. The first-order chi connectivity index (χ1) is 17.1. The number of aliphatic carboxylic acids is 1. The summed E-state index contributed by atoms with van der Waals surface area (Å²) < 4.78 is 6.89. The van der Waals surface area contributed by atoms with E-state index >= 15 is 0 Å². The number of pyridine rings is 1. The molecule has 12 heteroatoms. The fourth-order valence-electron chi connectivity index (χ4n) is 4.39. The molecule has 2 aliphatic heterocycles. The van der Waals surface area contributed by atoms with E-state index in [9.17, 15) is 24.4 Å². The number of hydrogen-bond donors (Lipinski definition) is 1. The van der Waals surface area contributed by atoms with E-state index in [0.29, 0.717) is 58.7 Å². The van der Waals surface area contributed by atoms with Crippen LogP contribution in [0.15, 0.2) is 9.70 Å². The maximum Gasteiger partial charge on any atom is 0.309 e. The van der Waals surface area contributed by atoms with Crippen LogP contribution in [0.5, 0.6) is 0 Å². The molecule has 3 rings (SSSR count). The lowest BCUT2D eigenvalue weighted by atomic mass is 9.95. The van der Waals surface area contributed by atoms with Crippen LogP contribution in [-0.2, 0) is 26.2 Å². The molecule has 36 heavy (non-hydrogen) atoms. The lowest BCUT2D eigenvalue weighted by Gasteiger charge is -2.35. The Morgan fingerprint density at radius 2 is 1.97 bits per heavy atom. The summed E-state index contributed by atoms with van der Waals surface area (Å²) >= 11 is 6.46. The third-order valence-corrected chi connectivity index (χ3v) is 7.68. The number of hydrogen-bond acceptors (Lipinski definition) is 9. The molecule has 3 heterocycles. The largest absolute Gasteiger partial charge is 0.481 e. The highest BCUT2D eigenvalue weighted by molar-refractivity contribution is 8.26. The van der Waals surface area contributed by atoms with Gasteiger partial charge in [-0.15, -0.1) is 0 Å². The van der Waals surface area contributed by atoms with Crippen LogP contribution in [-0.4, -0.2) is 63.0 Å². The van der Waals surface area contributed by atoms with Crippen molar-refractivity contribution >= 4 is 58.0 Å². The molecule has 0 spiro atoms. The van der Waals surface area contributed by atoms with E-state index in [-0.39, 0.29) is 42.7 Å². The van der Waals surface area contributed by atoms with Crippen LogP contribution in [0.2, 0.25) is 0 Å². The molecule has 0 atom stereocenters. The fourth-order valence-corrected chi connectivity index (χ4v) is 5.68. The Labute approximate surface area is 218 Å². The average Bonchev–Trinajstić information content (AvgIpc) is 3.10. The number of carbonyl (C=O) groups is 3. The zero-order valence-corrected chi connectivity index (χ0v) is 22.0. The van der Waals surface area contributed by atoms with Crippen LogP contribution in [0.1, 0.15) is 49.3 Å². The summed E-state index contributed by atoms with van der Waals surface area (Å²) in [7, 11) is 1.59. The molecule has 1 aromatic heterocycles. The highest BCUT2D eigenvalue weighted by Gasteiger charge is 2.34. The first kappa shape index (κ1) is 27.4. The number of ether oxygens (including phenoxy) is 1. The van der Waals surface area contributed by atoms with Gasteiger partial charge in [-0.25, -0.2) is 0 Å². The van der Waals surface area contributed by atoms with Crippen molar-refractivity contribution in [3.8, 4) is 6.07 Å². The molecular formula is C24H28N4O6S2. The number of carbonyl (C=O) groups excluding carboxylic acids is 2. The summed E-state index contributed by atoms with van der Waals surface area (Å²) in [6.07, 6.45) is 2.95. The summed E-state index contributed by atoms with van der Waals surface area (Å²) in [6, 6.07) is 1.98. The van der Waals surface area contributed by atoms with Crippen LogP contribution in [0.4, 0.5) is 5.82 Å². The zero-order valence-electron chi connectivity index (χ0n) is 20.4. The van der Waals surface area contributed by atoms with Crippen LogP contribution >= 0.6 is 24.0 Å². The Hall–Kier alpha value is -3.17. The SMILES string of the molecule is CCOC(=O)C1CCN(c2c(/C=C3\SC(=S)N(CCCC(=O)O)C3=O)c(C)c(C#N)c(=O)n2C)CC1. The molecule has 0 saturated carbocycles. The van der Waals surface area contributed by atoms with Crippen LogP contribution in [0.25, 0.3) is 6.08 Å². The van der Waals surface area contributed by atoms with Gasteiger partial charge in [0, 0.05) is 38.7 Å². The summed E-state index contributed by atoms with van der Waals surface area (Å²) in [4.78, 5) is 52.7. The number of esters is 1. The first-order valence-electron chi connectivity index (χ1n) is 11.6. The molecule has 1 amide bonds. The highest BCUT2D eigenvalue weighted by atomic mass is 32.2. The van der Waals surface area contributed by atoms with E-state index in [1.807, 2.05) is 11.0 Å². The number of thioether (sulfide) groups is 1. The lowest BCUT2D eigenvalue weighted by Crippen LogP contribution is -2.40. The highest BCUT2D eigenvalue weighted by Crippen LogP contribution is 2.36. The minimum absolute atomic E-state index is 0.00848. The Balaban J connectivity index is 1.98. The summed E-state index contributed by atoms with van der Waals surface area (Å²) in [6.45, 7) is 4.95. The van der Waals surface area contributed by atoms with Crippen LogP contribution in [0, 0.1) is 24.2 Å². The standard InChI is InChI=1S/C24H28N4O6S2/c1-4-34-23(33)15-7-10-27(11-8-15)20-16(14(2)17(13-25)21(31)26(20)3)12-18-22(32)28(24(35)36-18)9-5-6-19(29)30/h12,15H,4-11H2,1-3H3,(H,29,30)/b18-12-. The molecule has 0 unspecified atom stereocenters. The molecule has 2 fully saturated rings. The van der Waals surface area contributed by atoms with Gasteiger partial charge in [0.25, 0.3) is 11.5 Å². The normalized spacial score (nSPS) is 17.6. The van der Waals surface area contributed by atoms with Crippen molar-refractivity contribution in [3.63, 3.8) is 0 Å². The predicted molar refractivity (Wildman–Crippen MR) is 139 cm³/mol. The molecule has 2 saturated heterocycles. The van der Waals surface area contributed by atoms with Gasteiger partial charge in [0.05, 0.1) is 17.4 Å². The summed E-state index contributed by atoms with van der Waals surface area (Å²) in [5, 5.41) is 18.5. The zero-order chi connectivity index (χ0) is 26.6. The van der Waals surface area contributed by atoms with E-state index < -0.39 is 11.5 Å². The van der Waals surface area contributed by atoms with Crippen molar-refractivity contribution in [3.05, 3.63) is 31.9 Å². The number of nitriles is 1. The number of rotatable bonds is 8. The van der Waals surface area contributed by atoms with Gasteiger partial charge in [0.1, 0.15) is 21.8 Å². The minimum atomic E-state index is -0.947. The van der Waals surface area contributed by atoms with Crippen molar-refractivity contribution in [2.45, 2.75) is 39.5 Å².